The van der Waals surface area contributed by atoms with E-state index in [0.717, 1.165) is 16.4 Å². The summed E-state index contributed by atoms with van der Waals surface area (Å²) in [7, 11) is 0. The molecule has 0 radical (unpaired) electrons. The van der Waals surface area contributed by atoms with E-state index in [-0.39, 0.29) is 5.91 Å². The molecule has 74 valence electrons. The number of rotatable bonds is 2. The Morgan fingerprint density at radius 2 is 2.36 bits per heavy atom. The molecule has 0 aromatic carbocycles. The number of anilines is 1. The molecule has 0 atom stereocenters. The number of nitrogens with zero attached hydrogens (tertiary/aromatic N) is 1. The molecule has 2 rings (SSSR count). The lowest BCUT2D eigenvalue weighted by Crippen LogP contribution is -2.25. The number of carbonyl (C=O) groups excluding carboxylic acids is 1. The van der Waals surface area contributed by atoms with Crippen LogP contribution in [0.2, 0.25) is 0 Å². The van der Waals surface area contributed by atoms with Gasteiger partial charge in [-0.25, -0.2) is 4.98 Å². The molecule has 3 N–H and O–H groups in total. The molecule has 1 aromatic rings. The van der Waals surface area contributed by atoms with Crippen molar-refractivity contribution in [2.24, 2.45) is 0 Å². The molecule has 0 bridgehead atoms. The van der Waals surface area contributed by atoms with Crippen molar-refractivity contribution in [3.63, 3.8) is 0 Å². The van der Waals surface area contributed by atoms with Crippen LogP contribution in [0.1, 0.15) is 23.2 Å². The molecule has 0 saturated heterocycles. The maximum atomic E-state index is 11.6. The number of amides is 1. The fraction of sp³-hybridized carbons (Fsp3) is 0.333. The minimum atomic E-state index is -0.0575. The topological polar surface area (TPSA) is 68.0 Å². The van der Waals surface area contributed by atoms with E-state index in [9.17, 15) is 4.79 Å². The van der Waals surface area contributed by atoms with Gasteiger partial charge in [0.15, 0.2) is 0 Å². The van der Waals surface area contributed by atoms with Crippen molar-refractivity contribution in [3.8, 4) is 0 Å². The van der Waals surface area contributed by atoms with Crippen LogP contribution in [0.5, 0.6) is 0 Å². The lowest BCUT2D eigenvalue weighted by molar-refractivity contribution is 0.0950. The minimum absolute atomic E-state index is 0.0575. The van der Waals surface area contributed by atoms with Gasteiger partial charge in [-0.2, -0.15) is 0 Å². The Bertz CT molecular complexity index is 376. The normalized spacial score (nSPS) is 15.2. The molecule has 0 aliphatic heterocycles. The summed E-state index contributed by atoms with van der Waals surface area (Å²) < 4.78 is 0.811. The highest BCUT2D eigenvalue weighted by atomic mass is 127. The zero-order valence-electron chi connectivity index (χ0n) is 7.46. The Morgan fingerprint density at radius 3 is 2.93 bits per heavy atom. The Kier molecular flexibility index (Phi) is 2.58. The third-order valence-corrected chi connectivity index (χ3v) is 2.91. The van der Waals surface area contributed by atoms with Gasteiger partial charge in [0.25, 0.3) is 5.91 Å². The van der Waals surface area contributed by atoms with Crippen molar-refractivity contribution >= 4 is 34.3 Å². The van der Waals surface area contributed by atoms with Gasteiger partial charge in [-0.1, -0.05) is 0 Å². The van der Waals surface area contributed by atoms with E-state index < -0.39 is 0 Å². The number of pyridine rings is 1. The van der Waals surface area contributed by atoms with Crippen molar-refractivity contribution < 1.29 is 4.79 Å². The molecule has 4 nitrogen and oxygen atoms in total. The number of hydrogen-bond acceptors (Lipinski definition) is 3. The molecular weight excluding hydrogens is 293 g/mol. The van der Waals surface area contributed by atoms with Crippen LogP contribution in [-0.2, 0) is 0 Å². The SMILES string of the molecule is Nc1ncc(C(=O)NC2CC2)cc1I. The van der Waals surface area contributed by atoms with Gasteiger partial charge in [-0.15, -0.1) is 0 Å². The molecule has 1 heterocycles. The molecule has 5 heteroatoms. The average molecular weight is 303 g/mol. The molecule has 1 aromatic heterocycles. The van der Waals surface area contributed by atoms with Crippen LogP contribution in [0.4, 0.5) is 5.82 Å². The van der Waals surface area contributed by atoms with Crippen LogP contribution in [0.25, 0.3) is 0 Å². The van der Waals surface area contributed by atoms with Crippen molar-refractivity contribution in [2.45, 2.75) is 18.9 Å². The minimum Gasteiger partial charge on any atom is -0.383 e. The van der Waals surface area contributed by atoms with Gasteiger partial charge in [0.1, 0.15) is 5.82 Å². The second kappa shape index (κ2) is 3.72. The van der Waals surface area contributed by atoms with E-state index in [0.29, 0.717) is 17.4 Å². The molecule has 0 unspecified atom stereocenters. The fourth-order valence-corrected chi connectivity index (χ4v) is 1.54. The van der Waals surface area contributed by atoms with Gasteiger partial charge in [-0.05, 0) is 41.5 Å². The zero-order valence-corrected chi connectivity index (χ0v) is 9.61. The van der Waals surface area contributed by atoms with Crippen LogP contribution in [0, 0.1) is 3.57 Å². The van der Waals surface area contributed by atoms with Gasteiger partial charge in [-0.3, -0.25) is 4.79 Å². The summed E-state index contributed by atoms with van der Waals surface area (Å²) in [5.41, 5.74) is 6.13. The number of halogens is 1. The Labute approximate surface area is 95.4 Å². The summed E-state index contributed by atoms with van der Waals surface area (Å²) in [4.78, 5) is 15.5. The maximum Gasteiger partial charge on any atom is 0.253 e. The Morgan fingerprint density at radius 1 is 1.64 bits per heavy atom. The molecule has 1 aliphatic carbocycles. The van der Waals surface area contributed by atoms with Gasteiger partial charge >= 0.3 is 0 Å². The average Bonchev–Trinajstić information content (AvgIpc) is 2.93. The largest absolute Gasteiger partial charge is 0.383 e. The first-order valence-electron chi connectivity index (χ1n) is 4.38. The predicted octanol–water partition coefficient (Wildman–Crippen LogP) is 1.16. The molecule has 1 amide bonds. The fourth-order valence-electron chi connectivity index (χ4n) is 1.07. The molecule has 1 saturated carbocycles. The van der Waals surface area contributed by atoms with Crippen LogP contribution < -0.4 is 11.1 Å². The third kappa shape index (κ3) is 2.14. The number of aromatic nitrogens is 1. The summed E-state index contributed by atoms with van der Waals surface area (Å²) >= 11 is 2.07. The summed E-state index contributed by atoms with van der Waals surface area (Å²) in [6, 6.07) is 2.12. The first-order valence-corrected chi connectivity index (χ1v) is 5.46. The number of hydrogen-bond donors (Lipinski definition) is 2. The summed E-state index contributed by atoms with van der Waals surface area (Å²) in [6.07, 6.45) is 3.69. The van der Waals surface area contributed by atoms with Crippen LogP contribution in [-0.4, -0.2) is 16.9 Å². The van der Waals surface area contributed by atoms with E-state index in [1.165, 1.54) is 6.20 Å². The van der Waals surface area contributed by atoms with Crippen molar-refractivity contribution in [2.75, 3.05) is 5.73 Å². The van der Waals surface area contributed by atoms with Crippen molar-refractivity contribution in [3.05, 3.63) is 21.4 Å². The van der Waals surface area contributed by atoms with Gasteiger partial charge in [0, 0.05) is 12.2 Å². The number of nitrogens with two attached hydrogens (primary N) is 1. The monoisotopic (exact) mass is 303 g/mol. The van der Waals surface area contributed by atoms with Crippen LogP contribution in [0.3, 0.4) is 0 Å². The second-order valence-electron chi connectivity index (χ2n) is 3.34. The second-order valence-corrected chi connectivity index (χ2v) is 4.50. The predicted molar refractivity (Wildman–Crippen MR) is 61.9 cm³/mol. The number of nitrogen functional groups attached to an aromatic ring is 1. The Hall–Kier alpha value is -0.850. The van der Waals surface area contributed by atoms with Gasteiger partial charge in [0.2, 0.25) is 0 Å². The molecule has 1 fully saturated rings. The standard InChI is InChI=1S/C9H10IN3O/c10-7-3-5(4-12-8(7)11)9(14)13-6-1-2-6/h3-4,6H,1-2H2,(H2,11,12)(H,13,14). The highest BCUT2D eigenvalue weighted by Gasteiger charge is 2.23. The maximum absolute atomic E-state index is 11.6. The van der Waals surface area contributed by atoms with Crippen LogP contribution in [0.15, 0.2) is 12.3 Å². The van der Waals surface area contributed by atoms with E-state index in [2.05, 4.69) is 32.9 Å². The smallest absolute Gasteiger partial charge is 0.253 e. The van der Waals surface area contributed by atoms with Crippen molar-refractivity contribution in [1.29, 1.82) is 0 Å². The summed E-state index contributed by atoms with van der Waals surface area (Å²) in [5.74, 6) is 0.409. The van der Waals surface area contributed by atoms with E-state index >= 15 is 0 Å². The van der Waals surface area contributed by atoms with Gasteiger partial charge in [0.05, 0.1) is 9.13 Å². The van der Waals surface area contributed by atoms with E-state index in [1.54, 1.807) is 6.07 Å². The summed E-state index contributed by atoms with van der Waals surface area (Å²) in [5, 5.41) is 2.89. The van der Waals surface area contributed by atoms with E-state index in [1.807, 2.05) is 0 Å². The quantitative estimate of drug-likeness (QED) is 0.806. The van der Waals surface area contributed by atoms with Crippen LogP contribution >= 0.6 is 22.6 Å². The van der Waals surface area contributed by atoms with Gasteiger partial charge < -0.3 is 11.1 Å². The highest BCUT2D eigenvalue weighted by Crippen LogP contribution is 2.20. The zero-order chi connectivity index (χ0) is 10.1. The highest BCUT2D eigenvalue weighted by molar-refractivity contribution is 14.1. The lowest BCUT2D eigenvalue weighted by Gasteiger charge is -2.04. The molecule has 1 aliphatic rings. The first kappa shape index (κ1) is 9.70. The first-order chi connectivity index (χ1) is 6.66. The number of nitrogens with one attached hydrogen (secondary N) is 1. The lowest BCUT2D eigenvalue weighted by atomic mass is 10.2. The molecule has 14 heavy (non-hydrogen) atoms. The molecular formula is C9H10IN3O. The molecule has 0 spiro atoms. The Balaban J connectivity index is 2.14. The van der Waals surface area contributed by atoms with Crippen molar-refractivity contribution in [1.82, 2.24) is 10.3 Å². The summed E-state index contributed by atoms with van der Waals surface area (Å²) in [6.45, 7) is 0. The number of carbonyl (C=O) groups is 1. The van der Waals surface area contributed by atoms with E-state index in [4.69, 9.17) is 5.73 Å². The third-order valence-electron chi connectivity index (χ3n) is 2.04.